The van der Waals surface area contributed by atoms with Crippen LogP contribution in [0.5, 0.6) is 0 Å². The van der Waals surface area contributed by atoms with Crippen LogP contribution in [0, 0.1) is 6.92 Å². The number of benzene rings is 2. The normalized spacial score (nSPS) is 10.7. The average Bonchev–Trinajstić information content (AvgIpc) is 2.48. The number of rotatable bonds is 3. The number of nitrogens with one attached hydrogen (secondary N) is 1. The lowest BCUT2D eigenvalue weighted by Crippen LogP contribution is -1.97. The Kier molecular flexibility index (Phi) is 3.57. The lowest BCUT2D eigenvalue weighted by atomic mass is 10.1. The molecule has 0 amide bonds. The molecule has 0 atom stereocenters. The van der Waals surface area contributed by atoms with Crippen LogP contribution in [0.3, 0.4) is 0 Å². The minimum absolute atomic E-state index is 0.514. The lowest BCUT2D eigenvalue weighted by Gasteiger charge is -2.11. The Morgan fingerprint density at radius 2 is 1.90 bits per heavy atom. The van der Waals surface area contributed by atoms with Gasteiger partial charge in [0, 0.05) is 17.0 Å². The molecule has 3 heteroatoms. The summed E-state index contributed by atoms with van der Waals surface area (Å²) in [6.07, 6.45) is 0. The summed E-state index contributed by atoms with van der Waals surface area (Å²) in [5.74, 6) is 1.40. The summed E-state index contributed by atoms with van der Waals surface area (Å²) in [6, 6.07) is 18.4. The van der Waals surface area contributed by atoms with E-state index in [4.69, 9.17) is 11.6 Å². The molecule has 20 heavy (non-hydrogen) atoms. The Labute approximate surface area is 123 Å². The number of alkyl halides is 1. The number of hydrogen-bond donors (Lipinski definition) is 1. The highest BCUT2D eigenvalue weighted by Gasteiger charge is 2.04. The minimum Gasteiger partial charge on any atom is -0.340 e. The molecule has 0 spiro atoms. The maximum Gasteiger partial charge on any atom is 0.134 e. The second-order valence-corrected chi connectivity index (χ2v) is 5.07. The van der Waals surface area contributed by atoms with Gasteiger partial charge in [-0.3, -0.25) is 0 Å². The molecule has 0 unspecified atom stereocenters. The number of pyridine rings is 1. The molecule has 1 heterocycles. The first-order valence-corrected chi connectivity index (χ1v) is 7.08. The van der Waals surface area contributed by atoms with Gasteiger partial charge in [-0.05, 0) is 42.3 Å². The van der Waals surface area contributed by atoms with Crippen LogP contribution in [0.4, 0.5) is 11.5 Å². The predicted molar refractivity (Wildman–Crippen MR) is 85.8 cm³/mol. The molecule has 3 aromatic rings. The molecule has 0 saturated carbocycles. The molecule has 2 aromatic carbocycles. The van der Waals surface area contributed by atoms with E-state index in [2.05, 4.69) is 29.4 Å². The fourth-order valence-electron chi connectivity index (χ4n) is 2.22. The van der Waals surface area contributed by atoms with Crippen molar-refractivity contribution >= 4 is 34.0 Å². The second-order valence-electron chi connectivity index (χ2n) is 4.81. The molecule has 2 nitrogen and oxygen atoms in total. The number of aromatic nitrogens is 1. The summed E-state index contributed by atoms with van der Waals surface area (Å²) in [5.41, 5.74) is 4.22. The van der Waals surface area contributed by atoms with E-state index in [1.54, 1.807) is 0 Å². The molecule has 0 radical (unpaired) electrons. The zero-order valence-electron chi connectivity index (χ0n) is 11.2. The summed E-state index contributed by atoms with van der Waals surface area (Å²) < 4.78 is 0. The first kappa shape index (κ1) is 12.9. The molecule has 0 fully saturated rings. The van der Waals surface area contributed by atoms with Gasteiger partial charge in [0.2, 0.25) is 0 Å². The Hall–Kier alpha value is -2.06. The largest absolute Gasteiger partial charge is 0.340 e. The Morgan fingerprint density at radius 1 is 1.05 bits per heavy atom. The van der Waals surface area contributed by atoms with Crippen LogP contribution in [0.15, 0.2) is 54.6 Å². The van der Waals surface area contributed by atoms with Crippen molar-refractivity contribution in [3.05, 3.63) is 65.7 Å². The van der Waals surface area contributed by atoms with Crippen LogP contribution in [0.1, 0.15) is 11.1 Å². The van der Waals surface area contributed by atoms with Crippen molar-refractivity contribution in [2.45, 2.75) is 12.8 Å². The van der Waals surface area contributed by atoms with Gasteiger partial charge >= 0.3 is 0 Å². The van der Waals surface area contributed by atoms with Crippen molar-refractivity contribution in [3.63, 3.8) is 0 Å². The first-order valence-electron chi connectivity index (χ1n) is 6.54. The van der Waals surface area contributed by atoms with E-state index in [9.17, 15) is 0 Å². The fraction of sp³-hybridized carbons (Fsp3) is 0.118. The minimum atomic E-state index is 0.514. The molecule has 0 bridgehead atoms. The van der Waals surface area contributed by atoms with E-state index in [1.807, 2.05) is 42.5 Å². The van der Waals surface area contributed by atoms with Gasteiger partial charge in [-0.25, -0.2) is 4.98 Å². The van der Waals surface area contributed by atoms with Crippen LogP contribution < -0.4 is 5.32 Å². The van der Waals surface area contributed by atoms with Crippen molar-refractivity contribution < 1.29 is 0 Å². The summed E-state index contributed by atoms with van der Waals surface area (Å²) in [4.78, 5) is 4.68. The molecule has 0 aliphatic carbocycles. The lowest BCUT2D eigenvalue weighted by molar-refractivity contribution is 1.30. The van der Waals surface area contributed by atoms with Gasteiger partial charge in [0.05, 0.1) is 5.52 Å². The van der Waals surface area contributed by atoms with Crippen molar-refractivity contribution in [3.8, 4) is 0 Å². The highest BCUT2D eigenvalue weighted by atomic mass is 35.5. The predicted octanol–water partition coefficient (Wildman–Crippen LogP) is 5.03. The number of halogens is 1. The maximum atomic E-state index is 5.87. The van der Waals surface area contributed by atoms with Gasteiger partial charge in [-0.15, -0.1) is 11.6 Å². The Morgan fingerprint density at radius 3 is 2.75 bits per heavy atom. The number of anilines is 2. The van der Waals surface area contributed by atoms with Crippen molar-refractivity contribution in [2.24, 2.45) is 0 Å². The number of fused-ring (bicyclic) bond motifs is 1. The number of para-hydroxylation sites is 1. The number of aryl methyl sites for hydroxylation is 1. The first-order chi connectivity index (χ1) is 9.76. The average molecular weight is 283 g/mol. The zero-order chi connectivity index (χ0) is 13.9. The summed E-state index contributed by atoms with van der Waals surface area (Å²) in [7, 11) is 0. The van der Waals surface area contributed by atoms with E-state index in [1.165, 1.54) is 0 Å². The third-order valence-corrected chi connectivity index (χ3v) is 3.57. The van der Waals surface area contributed by atoms with Gasteiger partial charge in [-0.2, -0.15) is 0 Å². The molecule has 100 valence electrons. The van der Waals surface area contributed by atoms with E-state index in [-0.39, 0.29) is 0 Å². The van der Waals surface area contributed by atoms with Crippen molar-refractivity contribution in [2.75, 3.05) is 5.32 Å². The standard InChI is InChI=1S/C17H15ClN2/c1-12-9-14-6-2-3-8-16(14)20-17(12)19-15-7-4-5-13(10-15)11-18/h2-10H,11H2,1H3,(H,19,20). The van der Waals surface area contributed by atoms with Gasteiger partial charge in [0.1, 0.15) is 5.82 Å². The van der Waals surface area contributed by atoms with Gasteiger partial charge in [0.15, 0.2) is 0 Å². The topological polar surface area (TPSA) is 24.9 Å². The SMILES string of the molecule is Cc1cc2ccccc2nc1Nc1cccc(CCl)c1. The van der Waals surface area contributed by atoms with E-state index >= 15 is 0 Å². The molecule has 0 aliphatic rings. The highest BCUT2D eigenvalue weighted by molar-refractivity contribution is 6.17. The number of nitrogens with zero attached hydrogens (tertiary/aromatic N) is 1. The summed E-state index contributed by atoms with van der Waals surface area (Å²) >= 11 is 5.87. The van der Waals surface area contributed by atoms with Crippen LogP contribution in [-0.4, -0.2) is 4.98 Å². The molecule has 3 rings (SSSR count). The molecular formula is C17H15ClN2. The van der Waals surface area contributed by atoms with E-state index in [0.717, 1.165) is 33.5 Å². The molecule has 1 N–H and O–H groups in total. The van der Waals surface area contributed by atoms with Gasteiger partial charge < -0.3 is 5.32 Å². The molecule has 0 saturated heterocycles. The van der Waals surface area contributed by atoms with Crippen molar-refractivity contribution in [1.82, 2.24) is 4.98 Å². The van der Waals surface area contributed by atoms with Gasteiger partial charge in [0.25, 0.3) is 0 Å². The molecule has 1 aromatic heterocycles. The Bertz CT molecular complexity index is 753. The Balaban J connectivity index is 1.99. The third kappa shape index (κ3) is 2.61. The highest BCUT2D eigenvalue weighted by Crippen LogP contribution is 2.23. The van der Waals surface area contributed by atoms with E-state index < -0.39 is 0 Å². The van der Waals surface area contributed by atoms with Gasteiger partial charge in [-0.1, -0.05) is 30.3 Å². The maximum absolute atomic E-state index is 5.87. The second kappa shape index (κ2) is 5.51. The smallest absolute Gasteiger partial charge is 0.134 e. The zero-order valence-corrected chi connectivity index (χ0v) is 12.0. The summed E-state index contributed by atoms with van der Waals surface area (Å²) in [6.45, 7) is 2.06. The third-order valence-electron chi connectivity index (χ3n) is 3.26. The summed E-state index contributed by atoms with van der Waals surface area (Å²) in [5, 5.41) is 4.53. The van der Waals surface area contributed by atoms with Crippen LogP contribution in [-0.2, 0) is 5.88 Å². The quantitative estimate of drug-likeness (QED) is 0.682. The van der Waals surface area contributed by atoms with E-state index in [0.29, 0.717) is 5.88 Å². The molecule has 0 aliphatic heterocycles. The molecular weight excluding hydrogens is 268 g/mol. The monoisotopic (exact) mass is 282 g/mol. The van der Waals surface area contributed by atoms with Crippen LogP contribution in [0.25, 0.3) is 10.9 Å². The number of hydrogen-bond acceptors (Lipinski definition) is 2. The van der Waals surface area contributed by atoms with Crippen LogP contribution >= 0.6 is 11.6 Å². The fourth-order valence-corrected chi connectivity index (χ4v) is 2.38. The van der Waals surface area contributed by atoms with Crippen LogP contribution in [0.2, 0.25) is 0 Å². The van der Waals surface area contributed by atoms with Crippen molar-refractivity contribution in [1.29, 1.82) is 0 Å².